The largest absolute Gasteiger partial charge is 0.271 e. The van der Waals surface area contributed by atoms with Crippen molar-refractivity contribution in [2.75, 3.05) is 13.6 Å². The van der Waals surface area contributed by atoms with Crippen LogP contribution in [-0.2, 0) is 16.6 Å². The smallest absolute Gasteiger partial charge is 0.243 e. The van der Waals surface area contributed by atoms with E-state index in [0.717, 1.165) is 11.1 Å². The Bertz CT molecular complexity index is 678. The van der Waals surface area contributed by atoms with Crippen LogP contribution < -0.4 is 0 Å². The number of aryl methyl sites for hydroxylation is 2. The zero-order valence-electron chi connectivity index (χ0n) is 11.9. The number of likely N-dealkylation sites (N-methyl/N-ethyl adjacent to an activating group) is 1. The van der Waals surface area contributed by atoms with Crippen LogP contribution in [0.1, 0.15) is 11.1 Å². The summed E-state index contributed by atoms with van der Waals surface area (Å²) >= 11 is 0. The number of aromatic nitrogens is 2. The van der Waals surface area contributed by atoms with E-state index >= 15 is 0 Å². The van der Waals surface area contributed by atoms with E-state index in [0.29, 0.717) is 18.0 Å². The number of rotatable bonds is 5. The summed E-state index contributed by atoms with van der Waals surface area (Å²) in [6, 6.07) is 7.29. The Morgan fingerprint density at radius 3 is 2.70 bits per heavy atom. The first-order valence-corrected chi connectivity index (χ1v) is 7.86. The van der Waals surface area contributed by atoms with Crippen molar-refractivity contribution in [2.24, 2.45) is 0 Å². The zero-order valence-corrected chi connectivity index (χ0v) is 12.8. The maximum Gasteiger partial charge on any atom is 0.243 e. The van der Waals surface area contributed by atoms with Gasteiger partial charge in [-0.25, -0.2) is 8.42 Å². The monoisotopic (exact) mass is 293 g/mol. The molecule has 2 rings (SSSR count). The van der Waals surface area contributed by atoms with E-state index in [1.54, 1.807) is 24.0 Å². The molecule has 0 spiro atoms. The summed E-state index contributed by atoms with van der Waals surface area (Å²) in [6.45, 7) is 4.63. The van der Waals surface area contributed by atoms with Gasteiger partial charge < -0.3 is 0 Å². The predicted molar refractivity (Wildman–Crippen MR) is 78.0 cm³/mol. The summed E-state index contributed by atoms with van der Waals surface area (Å²) in [6.07, 6.45) is 3.50. The standard InChI is InChI=1S/C14H19N3O2S/c1-12-5-6-13(2)14(11-12)20(18,19)16(3)9-10-17-8-4-7-15-17/h4-8,11H,9-10H2,1-3H3. The molecule has 0 atom stereocenters. The normalized spacial score (nSPS) is 12.0. The van der Waals surface area contributed by atoms with Gasteiger partial charge in [-0.2, -0.15) is 9.40 Å². The highest BCUT2D eigenvalue weighted by atomic mass is 32.2. The number of hydrogen-bond acceptors (Lipinski definition) is 3. The first-order chi connectivity index (χ1) is 9.41. The lowest BCUT2D eigenvalue weighted by Gasteiger charge is -2.18. The van der Waals surface area contributed by atoms with Crippen LogP contribution in [0.25, 0.3) is 0 Å². The van der Waals surface area contributed by atoms with Crippen molar-refractivity contribution >= 4 is 10.0 Å². The van der Waals surface area contributed by atoms with Crippen molar-refractivity contribution in [1.29, 1.82) is 0 Å². The molecule has 5 nitrogen and oxygen atoms in total. The minimum absolute atomic E-state index is 0.375. The number of sulfonamides is 1. The van der Waals surface area contributed by atoms with Crippen molar-refractivity contribution in [3.63, 3.8) is 0 Å². The van der Waals surface area contributed by atoms with Crippen LogP contribution in [0.3, 0.4) is 0 Å². The fourth-order valence-corrected chi connectivity index (χ4v) is 3.42. The molecule has 0 fully saturated rings. The molecule has 0 aliphatic carbocycles. The lowest BCUT2D eigenvalue weighted by molar-refractivity contribution is 0.432. The molecule has 0 radical (unpaired) electrons. The first-order valence-electron chi connectivity index (χ1n) is 6.42. The molecular weight excluding hydrogens is 274 g/mol. The Kier molecular flexibility index (Phi) is 4.25. The highest BCUT2D eigenvalue weighted by Crippen LogP contribution is 2.20. The van der Waals surface area contributed by atoms with Crippen LogP contribution in [0.5, 0.6) is 0 Å². The van der Waals surface area contributed by atoms with Crippen LogP contribution in [-0.4, -0.2) is 36.1 Å². The second-order valence-electron chi connectivity index (χ2n) is 4.86. The summed E-state index contributed by atoms with van der Waals surface area (Å²) in [7, 11) is -1.86. The Balaban J connectivity index is 2.18. The van der Waals surface area contributed by atoms with Gasteiger partial charge in [0.2, 0.25) is 10.0 Å². The second-order valence-corrected chi connectivity index (χ2v) is 6.88. The van der Waals surface area contributed by atoms with Crippen molar-refractivity contribution in [2.45, 2.75) is 25.3 Å². The van der Waals surface area contributed by atoms with Gasteiger partial charge in [0, 0.05) is 26.0 Å². The third kappa shape index (κ3) is 3.08. The fraction of sp³-hybridized carbons (Fsp3) is 0.357. The van der Waals surface area contributed by atoms with Gasteiger partial charge in [0.05, 0.1) is 11.4 Å². The third-order valence-corrected chi connectivity index (χ3v) is 5.23. The highest BCUT2D eigenvalue weighted by Gasteiger charge is 2.22. The molecule has 1 aromatic carbocycles. The number of benzene rings is 1. The van der Waals surface area contributed by atoms with E-state index in [1.165, 1.54) is 4.31 Å². The van der Waals surface area contributed by atoms with Gasteiger partial charge in [-0.15, -0.1) is 0 Å². The van der Waals surface area contributed by atoms with Crippen molar-refractivity contribution in [1.82, 2.24) is 14.1 Å². The van der Waals surface area contributed by atoms with Crippen molar-refractivity contribution in [3.8, 4) is 0 Å². The van der Waals surface area contributed by atoms with Gasteiger partial charge >= 0.3 is 0 Å². The molecule has 0 aliphatic rings. The molecule has 2 aromatic rings. The molecule has 0 saturated heterocycles. The van der Waals surface area contributed by atoms with Crippen LogP contribution in [0.15, 0.2) is 41.6 Å². The lowest BCUT2D eigenvalue weighted by atomic mass is 10.2. The Morgan fingerprint density at radius 2 is 2.05 bits per heavy atom. The van der Waals surface area contributed by atoms with Gasteiger partial charge in [0.25, 0.3) is 0 Å². The highest BCUT2D eigenvalue weighted by molar-refractivity contribution is 7.89. The summed E-state index contributed by atoms with van der Waals surface area (Å²) in [5.74, 6) is 0. The summed E-state index contributed by atoms with van der Waals surface area (Å²) < 4.78 is 28.2. The molecular formula is C14H19N3O2S. The van der Waals surface area contributed by atoms with Gasteiger partial charge in [0.15, 0.2) is 0 Å². The fourth-order valence-electron chi connectivity index (χ4n) is 1.95. The van der Waals surface area contributed by atoms with E-state index < -0.39 is 10.0 Å². The van der Waals surface area contributed by atoms with E-state index in [1.807, 2.05) is 38.2 Å². The maximum atomic E-state index is 12.6. The molecule has 0 amide bonds. The Morgan fingerprint density at radius 1 is 1.30 bits per heavy atom. The molecule has 1 heterocycles. The molecule has 6 heteroatoms. The topological polar surface area (TPSA) is 55.2 Å². The quantitative estimate of drug-likeness (QED) is 0.845. The molecule has 0 bridgehead atoms. The predicted octanol–water partition coefficient (Wildman–Crippen LogP) is 1.82. The Labute approximate surface area is 119 Å². The SMILES string of the molecule is Cc1ccc(C)c(S(=O)(=O)N(C)CCn2cccn2)c1. The summed E-state index contributed by atoms with van der Waals surface area (Å²) in [5.41, 5.74) is 1.70. The lowest BCUT2D eigenvalue weighted by Crippen LogP contribution is -2.30. The van der Waals surface area contributed by atoms with Crippen molar-refractivity contribution < 1.29 is 8.42 Å². The van der Waals surface area contributed by atoms with E-state index in [2.05, 4.69) is 5.10 Å². The molecule has 1 aromatic heterocycles. The third-order valence-electron chi connectivity index (χ3n) is 3.24. The van der Waals surface area contributed by atoms with E-state index in [4.69, 9.17) is 0 Å². The molecule has 20 heavy (non-hydrogen) atoms. The van der Waals surface area contributed by atoms with Crippen LogP contribution in [0, 0.1) is 13.8 Å². The molecule has 0 N–H and O–H groups in total. The summed E-state index contributed by atoms with van der Waals surface area (Å²) in [5, 5.41) is 4.07. The molecule has 0 saturated carbocycles. The zero-order chi connectivity index (χ0) is 14.8. The van der Waals surface area contributed by atoms with Crippen LogP contribution in [0.2, 0.25) is 0 Å². The first kappa shape index (κ1) is 14.7. The van der Waals surface area contributed by atoms with Crippen LogP contribution in [0.4, 0.5) is 0 Å². The number of nitrogens with zero attached hydrogens (tertiary/aromatic N) is 3. The number of hydrogen-bond donors (Lipinski definition) is 0. The maximum absolute atomic E-state index is 12.6. The molecule has 0 unspecified atom stereocenters. The van der Waals surface area contributed by atoms with Crippen LogP contribution >= 0.6 is 0 Å². The molecule has 108 valence electrons. The van der Waals surface area contributed by atoms with Gasteiger partial charge in [-0.3, -0.25) is 4.68 Å². The van der Waals surface area contributed by atoms with E-state index in [9.17, 15) is 8.42 Å². The Hall–Kier alpha value is -1.66. The average Bonchev–Trinajstić information content (AvgIpc) is 2.91. The molecule has 0 aliphatic heterocycles. The van der Waals surface area contributed by atoms with E-state index in [-0.39, 0.29) is 0 Å². The minimum Gasteiger partial charge on any atom is -0.271 e. The average molecular weight is 293 g/mol. The van der Waals surface area contributed by atoms with Gasteiger partial charge in [0.1, 0.15) is 0 Å². The second kappa shape index (κ2) is 5.76. The van der Waals surface area contributed by atoms with Gasteiger partial charge in [-0.05, 0) is 37.1 Å². The van der Waals surface area contributed by atoms with Crippen molar-refractivity contribution in [3.05, 3.63) is 47.8 Å². The minimum atomic E-state index is -3.45. The van der Waals surface area contributed by atoms with Gasteiger partial charge in [-0.1, -0.05) is 12.1 Å². The summed E-state index contributed by atoms with van der Waals surface area (Å²) in [4.78, 5) is 0.375.